The molecule has 1 amide bonds. The Morgan fingerprint density at radius 3 is 3.00 bits per heavy atom. The topological polar surface area (TPSA) is 32.3 Å². The minimum absolute atomic E-state index is 0.223. The van der Waals surface area contributed by atoms with Crippen LogP contribution in [0.4, 0.5) is 0 Å². The number of nitrogens with one attached hydrogen (secondary N) is 1. The van der Waals surface area contributed by atoms with Crippen LogP contribution in [0.2, 0.25) is 0 Å². The summed E-state index contributed by atoms with van der Waals surface area (Å²) in [6, 6.07) is 0.363. The van der Waals surface area contributed by atoms with E-state index in [-0.39, 0.29) is 5.92 Å². The molecule has 0 aliphatic carbocycles. The molecule has 0 bridgehead atoms. The van der Waals surface area contributed by atoms with Crippen molar-refractivity contribution in [2.45, 2.75) is 38.0 Å². The number of amides is 1. The first kappa shape index (κ1) is 12.2. The zero-order chi connectivity index (χ0) is 11.5. The molecule has 92 valence electrons. The molecule has 4 heteroatoms. The molecule has 3 atom stereocenters. The SMILES string of the molecule is CCC1CN(C(=O)C2CCNC2C)CCS1. The summed E-state index contributed by atoms with van der Waals surface area (Å²) in [5.41, 5.74) is 0. The number of rotatable bonds is 2. The lowest BCUT2D eigenvalue weighted by molar-refractivity contribution is -0.135. The molecule has 2 saturated heterocycles. The van der Waals surface area contributed by atoms with Crippen molar-refractivity contribution < 1.29 is 4.79 Å². The molecule has 0 aromatic rings. The molecule has 3 unspecified atom stereocenters. The van der Waals surface area contributed by atoms with Crippen LogP contribution in [0.5, 0.6) is 0 Å². The third-order valence-electron chi connectivity index (χ3n) is 3.75. The fraction of sp³-hybridized carbons (Fsp3) is 0.917. The first-order chi connectivity index (χ1) is 7.72. The van der Waals surface area contributed by atoms with Crippen LogP contribution in [0.1, 0.15) is 26.7 Å². The van der Waals surface area contributed by atoms with Crippen LogP contribution in [0.25, 0.3) is 0 Å². The van der Waals surface area contributed by atoms with Crippen molar-refractivity contribution in [3.05, 3.63) is 0 Å². The van der Waals surface area contributed by atoms with Gasteiger partial charge in [-0.1, -0.05) is 6.92 Å². The number of nitrogens with zero attached hydrogens (tertiary/aromatic N) is 1. The molecule has 0 saturated carbocycles. The number of hydrogen-bond acceptors (Lipinski definition) is 3. The summed E-state index contributed by atoms with van der Waals surface area (Å²) in [5, 5.41) is 4.02. The maximum absolute atomic E-state index is 12.3. The Labute approximate surface area is 102 Å². The number of carbonyl (C=O) groups excluding carboxylic acids is 1. The van der Waals surface area contributed by atoms with Gasteiger partial charge in [0.05, 0.1) is 5.92 Å². The minimum atomic E-state index is 0.223. The highest BCUT2D eigenvalue weighted by Crippen LogP contribution is 2.25. The molecule has 2 heterocycles. The van der Waals surface area contributed by atoms with Crippen LogP contribution in [-0.2, 0) is 4.79 Å². The normalized spacial score (nSPS) is 35.4. The molecule has 0 radical (unpaired) electrons. The van der Waals surface area contributed by atoms with E-state index in [0.717, 1.165) is 31.8 Å². The molecule has 2 aliphatic rings. The molecule has 16 heavy (non-hydrogen) atoms. The van der Waals surface area contributed by atoms with Gasteiger partial charge >= 0.3 is 0 Å². The Bertz CT molecular complexity index is 259. The Kier molecular flexibility index (Phi) is 4.14. The highest BCUT2D eigenvalue weighted by Gasteiger charge is 2.34. The maximum atomic E-state index is 12.3. The molecule has 3 nitrogen and oxygen atoms in total. The Hall–Kier alpha value is -0.220. The van der Waals surface area contributed by atoms with Gasteiger partial charge in [-0.05, 0) is 26.3 Å². The van der Waals surface area contributed by atoms with Crippen molar-refractivity contribution in [2.24, 2.45) is 5.92 Å². The van der Waals surface area contributed by atoms with Crippen LogP contribution in [0, 0.1) is 5.92 Å². The lowest BCUT2D eigenvalue weighted by Crippen LogP contribution is -2.46. The van der Waals surface area contributed by atoms with E-state index in [1.54, 1.807) is 0 Å². The quantitative estimate of drug-likeness (QED) is 0.793. The summed E-state index contributed by atoms with van der Waals surface area (Å²) in [5.74, 6) is 1.72. The van der Waals surface area contributed by atoms with Gasteiger partial charge in [-0.15, -0.1) is 0 Å². The van der Waals surface area contributed by atoms with Gasteiger partial charge < -0.3 is 10.2 Å². The zero-order valence-electron chi connectivity index (χ0n) is 10.2. The van der Waals surface area contributed by atoms with Gasteiger partial charge in [-0.25, -0.2) is 0 Å². The number of hydrogen-bond donors (Lipinski definition) is 1. The third-order valence-corrected chi connectivity index (χ3v) is 5.12. The monoisotopic (exact) mass is 242 g/mol. The van der Waals surface area contributed by atoms with Gasteiger partial charge in [0.2, 0.25) is 5.91 Å². The standard InChI is InChI=1S/C12H22N2OS/c1-3-10-8-14(6-7-16-10)12(15)11-4-5-13-9(11)2/h9-11,13H,3-8H2,1-2H3. The highest BCUT2D eigenvalue weighted by molar-refractivity contribution is 8.00. The van der Waals surface area contributed by atoms with Gasteiger partial charge in [0.1, 0.15) is 0 Å². The summed E-state index contributed by atoms with van der Waals surface area (Å²) >= 11 is 2.02. The van der Waals surface area contributed by atoms with Crippen molar-refractivity contribution in [1.29, 1.82) is 0 Å². The highest BCUT2D eigenvalue weighted by atomic mass is 32.2. The van der Waals surface area contributed by atoms with Crippen LogP contribution in [-0.4, -0.2) is 47.5 Å². The predicted octanol–water partition coefficient (Wildman–Crippen LogP) is 1.34. The smallest absolute Gasteiger partial charge is 0.227 e. The van der Waals surface area contributed by atoms with E-state index in [0.29, 0.717) is 17.2 Å². The average Bonchev–Trinajstić information content (AvgIpc) is 2.74. The van der Waals surface area contributed by atoms with Gasteiger partial charge in [-0.2, -0.15) is 11.8 Å². The summed E-state index contributed by atoms with van der Waals surface area (Å²) in [6.45, 7) is 7.25. The van der Waals surface area contributed by atoms with Gasteiger partial charge in [0, 0.05) is 30.1 Å². The van der Waals surface area contributed by atoms with Crippen LogP contribution < -0.4 is 5.32 Å². The van der Waals surface area contributed by atoms with Crippen LogP contribution in [0.3, 0.4) is 0 Å². The number of carbonyl (C=O) groups is 1. The van der Waals surface area contributed by atoms with Crippen molar-refractivity contribution >= 4 is 17.7 Å². The van der Waals surface area contributed by atoms with E-state index in [2.05, 4.69) is 24.1 Å². The maximum Gasteiger partial charge on any atom is 0.227 e. The zero-order valence-corrected chi connectivity index (χ0v) is 11.1. The Balaban J connectivity index is 1.93. The van der Waals surface area contributed by atoms with Crippen LogP contribution in [0.15, 0.2) is 0 Å². The summed E-state index contributed by atoms with van der Waals surface area (Å²) in [4.78, 5) is 14.4. The fourth-order valence-corrected chi connectivity index (χ4v) is 3.78. The summed E-state index contributed by atoms with van der Waals surface area (Å²) < 4.78 is 0. The molecule has 2 aliphatic heterocycles. The fourth-order valence-electron chi connectivity index (χ4n) is 2.60. The van der Waals surface area contributed by atoms with Crippen LogP contribution >= 0.6 is 11.8 Å². The van der Waals surface area contributed by atoms with E-state index in [4.69, 9.17) is 0 Å². The lowest BCUT2D eigenvalue weighted by Gasteiger charge is -2.34. The number of thioether (sulfide) groups is 1. The molecule has 0 aromatic carbocycles. The second kappa shape index (κ2) is 5.41. The molecule has 2 rings (SSSR count). The predicted molar refractivity (Wildman–Crippen MR) is 68.7 cm³/mol. The molecule has 0 aromatic heterocycles. The van der Waals surface area contributed by atoms with E-state index in [9.17, 15) is 4.79 Å². The first-order valence-corrected chi connectivity index (χ1v) is 7.41. The largest absolute Gasteiger partial charge is 0.340 e. The van der Waals surface area contributed by atoms with Crippen molar-refractivity contribution in [2.75, 3.05) is 25.4 Å². The summed E-state index contributed by atoms with van der Waals surface area (Å²) in [7, 11) is 0. The average molecular weight is 242 g/mol. The van der Waals surface area contributed by atoms with Gasteiger partial charge in [-0.3, -0.25) is 4.79 Å². The minimum Gasteiger partial charge on any atom is -0.340 e. The summed E-state index contributed by atoms with van der Waals surface area (Å²) in [6.07, 6.45) is 2.19. The van der Waals surface area contributed by atoms with E-state index in [1.165, 1.54) is 6.42 Å². The van der Waals surface area contributed by atoms with Gasteiger partial charge in [0.15, 0.2) is 0 Å². The van der Waals surface area contributed by atoms with Crippen molar-refractivity contribution in [3.63, 3.8) is 0 Å². The Morgan fingerprint density at radius 2 is 2.38 bits per heavy atom. The molecule has 0 spiro atoms. The molecular formula is C12H22N2OS. The second-order valence-electron chi connectivity index (χ2n) is 4.82. The van der Waals surface area contributed by atoms with Crippen molar-refractivity contribution in [1.82, 2.24) is 10.2 Å². The van der Waals surface area contributed by atoms with Gasteiger partial charge in [0.25, 0.3) is 0 Å². The molecular weight excluding hydrogens is 220 g/mol. The molecule has 2 fully saturated rings. The van der Waals surface area contributed by atoms with E-state index < -0.39 is 0 Å². The lowest BCUT2D eigenvalue weighted by atomic mass is 10.00. The van der Waals surface area contributed by atoms with E-state index in [1.807, 2.05) is 11.8 Å². The first-order valence-electron chi connectivity index (χ1n) is 6.36. The van der Waals surface area contributed by atoms with E-state index >= 15 is 0 Å². The Morgan fingerprint density at radius 1 is 1.56 bits per heavy atom. The molecule has 1 N–H and O–H groups in total. The van der Waals surface area contributed by atoms with Crippen molar-refractivity contribution in [3.8, 4) is 0 Å². The second-order valence-corrected chi connectivity index (χ2v) is 6.23. The third kappa shape index (κ3) is 2.54.